The van der Waals surface area contributed by atoms with Gasteiger partial charge in [-0.1, -0.05) is 0 Å². The smallest absolute Gasteiger partial charge is 0.216 e. The zero-order chi connectivity index (χ0) is 6.69. The molecule has 1 heterocycles. The van der Waals surface area contributed by atoms with Crippen LogP contribution in [-0.2, 0) is 0 Å². The predicted octanol–water partition coefficient (Wildman–Crippen LogP) is 1.25. The zero-order valence-electron chi connectivity index (χ0n) is 4.84. The molecule has 1 rings (SSSR count). The van der Waals surface area contributed by atoms with Gasteiger partial charge in [-0.25, -0.2) is 4.98 Å². The minimum absolute atomic E-state index is 0.543. The Bertz CT molecular complexity index is 204. The Morgan fingerprint density at radius 1 is 1.67 bits per heavy atom. The molecule has 0 radical (unpaired) electrons. The summed E-state index contributed by atoms with van der Waals surface area (Å²) in [6, 6.07) is 1.69. The van der Waals surface area contributed by atoms with Gasteiger partial charge in [0.1, 0.15) is 0 Å². The van der Waals surface area contributed by atoms with Gasteiger partial charge in [0.2, 0.25) is 5.88 Å². The van der Waals surface area contributed by atoms with Crippen LogP contribution in [0, 0.1) is 0 Å². The highest BCUT2D eigenvalue weighted by Gasteiger charge is 1.91. The summed E-state index contributed by atoms with van der Waals surface area (Å²) in [5.74, 6) is 0.567. The largest absolute Gasteiger partial charge is 0.481 e. The normalized spacial score (nSPS) is 9.11. The van der Waals surface area contributed by atoms with Crippen molar-refractivity contribution in [2.24, 2.45) is 0 Å². The SMILES string of the molecule is COc1ccnc(Br)n1. The highest BCUT2D eigenvalue weighted by atomic mass is 79.9. The Morgan fingerprint density at radius 3 is 2.89 bits per heavy atom. The van der Waals surface area contributed by atoms with E-state index in [1.54, 1.807) is 19.4 Å². The van der Waals surface area contributed by atoms with E-state index in [-0.39, 0.29) is 0 Å². The number of rotatable bonds is 1. The third-order valence-corrected chi connectivity index (χ3v) is 1.19. The molecule has 1 aromatic heterocycles. The molecule has 9 heavy (non-hydrogen) atoms. The van der Waals surface area contributed by atoms with Crippen molar-refractivity contribution in [3.05, 3.63) is 17.0 Å². The van der Waals surface area contributed by atoms with Gasteiger partial charge in [0, 0.05) is 12.3 Å². The molecule has 0 N–H and O–H groups in total. The fourth-order valence-electron chi connectivity index (χ4n) is 0.433. The number of methoxy groups -OCH3 is 1. The Hall–Kier alpha value is -0.640. The second-order valence-electron chi connectivity index (χ2n) is 1.37. The van der Waals surface area contributed by atoms with E-state index < -0.39 is 0 Å². The second kappa shape index (κ2) is 2.77. The van der Waals surface area contributed by atoms with E-state index in [2.05, 4.69) is 25.9 Å². The molecule has 0 saturated carbocycles. The number of hydrogen-bond donors (Lipinski definition) is 0. The highest BCUT2D eigenvalue weighted by Crippen LogP contribution is 2.07. The van der Waals surface area contributed by atoms with Crippen molar-refractivity contribution in [3.63, 3.8) is 0 Å². The molecule has 0 atom stereocenters. The molecule has 0 aliphatic rings. The Labute approximate surface area is 61.2 Å². The van der Waals surface area contributed by atoms with Crippen molar-refractivity contribution in [1.29, 1.82) is 0 Å². The third kappa shape index (κ3) is 1.64. The Morgan fingerprint density at radius 2 is 2.44 bits per heavy atom. The summed E-state index contributed by atoms with van der Waals surface area (Å²) >= 11 is 3.10. The molecule has 0 saturated heterocycles. The number of nitrogens with zero attached hydrogens (tertiary/aromatic N) is 2. The van der Waals surface area contributed by atoms with Crippen LogP contribution in [0.5, 0.6) is 5.88 Å². The van der Waals surface area contributed by atoms with E-state index in [4.69, 9.17) is 4.74 Å². The molecule has 0 spiro atoms. The van der Waals surface area contributed by atoms with E-state index >= 15 is 0 Å². The van der Waals surface area contributed by atoms with Gasteiger partial charge in [-0.3, -0.25) is 0 Å². The molecule has 0 unspecified atom stereocenters. The average molecular weight is 189 g/mol. The number of aromatic nitrogens is 2. The Kier molecular flexibility index (Phi) is 2.00. The number of hydrogen-bond acceptors (Lipinski definition) is 3. The summed E-state index contributed by atoms with van der Waals surface area (Å²) in [5.41, 5.74) is 0. The monoisotopic (exact) mass is 188 g/mol. The van der Waals surface area contributed by atoms with Gasteiger partial charge in [-0.05, 0) is 15.9 Å². The van der Waals surface area contributed by atoms with Crippen LogP contribution in [0.3, 0.4) is 0 Å². The first-order valence-corrected chi connectivity index (χ1v) is 3.15. The molecular formula is C5H5BrN2O. The van der Waals surface area contributed by atoms with E-state index in [9.17, 15) is 0 Å². The van der Waals surface area contributed by atoms with Crippen LogP contribution in [0.4, 0.5) is 0 Å². The fraction of sp³-hybridized carbons (Fsp3) is 0.200. The van der Waals surface area contributed by atoms with E-state index in [0.717, 1.165) is 0 Å². The van der Waals surface area contributed by atoms with E-state index in [1.165, 1.54) is 0 Å². The van der Waals surface area contributed by atoms with Gasteiger partial charge in [-0.15, -0.1) is 0 Å². The van der Waals surface area contributed by atoms with Crippen LogP contribution in [0.15, 0.2) is 17.0 Å². The van der Waals surface area contributed by atoms with Crippen molar-refractivity contribution in [2.75, 3.05) is 7.11 Å². The molecule has 4 heteroatoms. The first kappa shape index (κ1) is 6.48. The van der Waals surface area contributed by atoms with E-state index in [0.29, 0.717) is 10.6 Å². The molecule has 1 aromatic rings. The maximum atomic E-state index is 4.81. The van der Waals surface area contributed by atoms with Crippen LogP contribution in [0.25, 0.3) is 0 Å². The summed E-state index contributed by atoms with van der Waals surface area (Å²) in [6.07, 6.45) is 1.62. The number of ether oxygens (including phenoxy) is 1. The van der Waals surface area contributed by atoms with Gasteiger partial charge in [0.05, 0.1) is 7.11 Å². The molecule has 0 aliphatic heterocycles. The summed E-state index contributed by atoms with van der Waals surface area (Å²) in [7, 11) is 1.56. The molecule has 0 aromatic carbocycles. The summed E-state index contributed by atoms with van der Waals surface area (Å²) in [6.45, 7) is 0. The van der Waals surface area contributed by atoms with Crippen LogP contribution >= 0.6 is 15.9 Å². The molecular weight excluding hydrogens is 184 g/mol. The predicted molar refractivity (Wildman–Crippen MR) is 36.3 cm³/mol. The van der Waals surface area contributed by atoms with Crippen molar-refractivity contribution in [2.45, 2.75) is 0 Å². The van der Waals surface area contributed by atoms with Crippen LogP contribution in [0.2, 0.25) is 0 Å². The van der Waals surface area contributed by atoms with Gasteiger partial charge in [0.15, 0.2) is 4.73 Å². The van der Waals surface area contributed by atoms with Gasteiger partial charge < -0.3 is 4.74 Å². The minimum Gasteiger partial charge on any atom is -0.481 e. The van der Waals surface area contributed by atoms with Crippen molar-refractivity contribution in [1.82, 2.24) is 9.97 Å². The van der Waals surface area contributed by atoms with Crippen molar-refractivity contribution < 1.29 is 4.74 Å². The molecule has 0 amide bonds. The van der Waals surface area contributed by atoms with Crippen molar-refractivity contribution >= 4 is 15.9 Å². The third-order valence-electron chi connectivity index (χ3n) is 0.810. The van der Waals surface area contributed by atoms with Crippen LogP contribution in [-0.4, -0.2) is 17.1 Å². The maximum absolute atomic E-state index is 4.81. The molecule has 48 valence electrons. The zero-order valence-corrected chi connectivity index (χ0v) is 6.42. The lowest BCUT2D eigenvalue weighted by atomic mass is 10.6. The lowest BCUT2D eigenvalue weighted by molar-refractivity contribution is 0.395. The quantitative estimate of drug-likeness (QED) is 0.623. The van der Waals surface area contributed by atoms with Gasteiger partial charge >= 0.3 is 0 Å². The second-order valence-corrected chi connectivity index (χ2v) is 2.08. The fourth-order valence-corrected chi connectivity index (χ4v) is 0.726. The lowest BCUT2D eigenvalue weighted by Crippen LogP contribution is -1.88. The van der Waals surface area contributed by atoms with Crippen LogP contribution < -0.4 is 4.74 Å². The van der Waals surface area contributed by atoms with Gasteiger partial charge in [-0.2, -0.15) is 4.98 Å². The average Bonchev–Trinajstić information content (AvgIpc) is 1.88. The summed E-state index contributed by atoms with van der Waals surface area (Å²) in [4.78, 5) is 7.69. The van der Waals surface area contributed by atoms with Gasteiger partial charge in [0.25, 0.3) is 0 Å². The minimum atomic E-state index is 0.543. The number of halogens is 1. The topological polar surface area (TPSA) is 35.0 Å². The lowest BCUT2D eigenvalue weighted by Gasteiger charge is -1.94. The van der Waals surface area contributed by atoms with E-state index in [1.807, 2.05) is 0 Å². The Balaban J connectivity index is 2.94. The summed E-state index contributed by atoms with van der Waals surface area (Å²) < 4.78 is 5.36. The first-order chi connectivity index (χ1) is 4.33. The molecule has 0 aliphatic carbocycles. The highest BCUT2D eigenvalue weighted by molar-refractivity contribution is 9.10. The molecule has 0 fully saturated rings. The maximum Gasteiger partial charge on any atom is 0.216 e. The standard InChI is InChI=1S/C5H5BrN2O/c1-9-4-2-3-7-5(6)8-4/h2-3H,1H3. The summed E-state index contributed by atoms with van der Waals surface area (Å²) in [5, 5.41) is 0. The molecule has 0 bridgehead atoms. The van der Waals surface area contributed by atoms with Crippen LogP contribution in [0.1, 0.15) is 0 Å². The first-order valence-electron chi connectivity index (χ1n) is 2.35. The van der Waals surface area contributed by atoms with Crippen molar-refractivity contribution in [3.8, 4) is 5.88 Å². The molecule has 3 nitrogen and oxygen atoms in total.